The van der Waals surface area contributed by atoms with Crippen LogP contribution < -0.4 is 0 Å². The van der Waals surface area contributed by atoms with Gasteiger partial charge in [-0.3, -0.25) is 9.59 Å². The molecule has 0 aliphatic heterocycles. The monoisotopic (exact) mass is 384 g/mol. The molecule has 0 amide bonds. The Hall–Kier alpha value is -3.10. The lowest BCUT2D eigenvalue weighted by atomic mass is 10.3. The second-order valence-electron chi connectivity index (χ2n) is 5.31. The number of allylic oxidation sites excluding steroid dienone is 2. The number of ether oxygens (including phenoxy) is 3. The zero-order valence-electron chi connectivity index (χ0n) is 15.5. The summed E-state index contributed by atoms with van der Waals surface area (Å²) < 4.78 is 15.8. The largest absolute Gasteiger partial charge is 0.481 e. The van der Waals surface area contributed by atoms with Crippen LogP contribution in [-0.2, 0) is 23.8 Å². The molecule has 0 saturated heterocycles. The first-order chi connectivity index (χ1) is 13.0. The molecule has 9 nitrogen and oxygen atoms in total. The van der Waals surface area contributed by atoms with Gasteiger partial charge in [-0.05, 0) is 25.0 Å². The van der Waals surface area contributed by atoms with E-state index in [4.69, 9.17) is 24.4 Å². The quantitative estimate of drug-likeness (QED) is 0.289. The molecule has 0 bridgehead atoms. The smallest absolute Gasteiger partial charge is 0.303 e. The lowest BCUT2D eigenvalue weighted by Crippen LogP contribution is -2.23. The van der Waals surface area contributed by atoms with Gasteiger partial charge in [-0.25, -0.2) is 0 Å². The summed E-state index contributed by atoms with van der Waals surface area (Å²) in [5.74, 6) is -1.73. The molecule has 0 spiro atoms. The fourth-order valence-corrected chi connectivity index (χ4v) is 1.51. The second-order valence-corrected chi connectivity index (χ2v) is 5.31. The molecule has 0 aromatic carbocycles. The third-order valence-corrected chi connectivity index (χ3v) is 2.84. The molecule has 0 fully saturated rings. The minimum atomic E-state index is -0.864. The zero-order chi connectivity index (χ0) is 20.3. The van der Waals surface area contributed by atoms with E-state index in [-0.39, 0.29) is 26.3 Å². The fraction of sp³-hybridized carbons (Fsp3) is 0.444. The van der Waals surface area contributed by atoms with Crippen LogP contribution in [0.15, 0.2) is 49.9 Å². The molecule has 0 aromatic heterocycles. The van der Waals surface area contributed by atoms with Crippen molar-refractivity contribution in [3.63, 3.8) is 0 Å². The maximum Gasteiger partial charge on any atom is 0.303 e. The summed E-state index contributed by atoms with van der Waals surface area (Å²) >= 11 is 0. The molecule has 0 radical (unpaired) electrons. The summed E-state index contributed by atoms with van der Waals surface area (Å²) in [4.78, 5) is 24.3. The van der Waals surface area contributed by atoms with Crippen LogP contribution in [0.4, 0.5) is 0 Å². The molecular formula is C18H28N2O7. The highest BCUT2D eigenvalue weighted by molar-refractivity contribution is 5.67. The summed E-state index contributed by atoms with van der Waals surface area (Å²) in [6.07, 6.45) is 11.8. The van der Waals surface area contributed by atoms with Gasteiger partial charge >= 0.3 is 11.9 Å². The van der Waals surface area contributed by atoms with Crippen molar-refractivity contribution in [2.24, 2.45) is 0 Å². The highest BCUT2D eigenvalue weighted by Crippen LogP contribution is 1.99. The lowest BCUT2D eigenvalue weighted by molar-refractivity contribution is -0.137. The van der Waals surface area contributed by atoms with E-state index in [1.807, 2.05) is 7.05 Å². The molecular weight excluding hydrogens is 356 g/mol. The van der Waals surface area contributed by atoms with E-state index in [1.54, 1.807) is 34.4 Å². The van der Waals surface area contributed by atoms with E-state index in [2.05, 4.69) is 6.58 Å². The highest BCUT2D eigenvalue weighted by atomic mass is 16.5. The maximum absolute atomic E-state index is 10.4. The van der Waals surface area contributed by atoms with Crippen LogP contribution in [-0.4, -0.2) is 59.2 Å². The standard InChI is InChI=1S/C18H28N2O7/c1-3-25-14-19(2)10-11-20(15-26-12-6-4-8-17(21)22)16-27-13-7-5-9-18(23)24/h3,6-7,10-13H,1,4-5,8-9,14-16H2,2H3,(H,21,22)(H,23,24). The second kappa shape index (κ2) is 16.4. The Morgan fingerprint density at radius 2 is 1.41 bits per heavy atom. The van der Waals surface area contributed by atoms with E-state index < -0.39 is 11.9 Å². The van der Waals surface area contributed by atoms with E-state index in [0.29, 0.717) is 19.6 Å². The van der Waals surface area contributed by atoms with Gasteiger partial charge < -0.3 is 34.2 Å². The van der Waals surface area contributed by atoms with Crippen molar-refractivity contribution in [1.82, 2.24) is 9.80 Å². The lowest BCUT2D eigenvalue weighted by Gasteiger charge is -2.20. The van der Waals surface area contributed by atoms with Gasteiger partial charge in [0.1, 0.15) is 0 Å². The van der Waals surface area contributed by atoms with Crippen LogP contribution in [0.25, 0.3) is 0 Å². The van der Waals surface area contributed by atoms with E-state index >= 15 is 0 Å². The summed E-state index contributed by atoms with van der Waals surface area (Å²) in [6, 6.07) is 0. The van der Waals surface area contributed by atoms with Gasteiger partial charge in [0.25, 0.3) is 0 Å². The number of rotatable bonds is 17. The number of carbonyl (C=O) groups is 2. The number of hydrogen-bond donors (Lipinski definition) is 2. The zero-order valence-corrected chi connectivity index (χ0v) is 15.5. The van der Waals surface area contributed by atoms with Gasteiger partial charge in [-0.2, -0.15) is 0 Å². The number of aliphatic carboxylic acids is 2. The van der Waals surface area contributed by atoms with Crippen molar-refractivity contribution in [3.05, 3.63) is 49.9 Å². The fourth-order valence-electron chi connectivity index (χ4n) is 1.51. The van der Waals surface area contributed by atoms with Crippen molar-refractivity contribution in [3.8, 4) is 0 Å². The van der Waals surface area contributed by atoms with Crippen LogP contribution in [0.5, 0.6) is 0 Å². The van der Waals surface area contributed by atoms with Gasteiger partial charge in [0.2, 0.25) is 0 Å². The molecule has 0 unspecified atom stereocenters. The Bertz CT molecular complexity index is 486. The first-order valence-corrected chi connectivity index (χ1v) is 8.27. The summed E-state index contributed by atoms with van der Waals surface area (Å²) in [7, 11) is 1.82. The third kappa shape index (κ3) is 17.5. The molecule has 0 aliphatic rings. The maximum atomic E-state index is 10.4. The molecule has 0 rings (SSSR count). The molecule has 0 heterocycles. The highest BCUT2D eigenvalue weighted by Gasteiger charge is 2.00. The van der Waals surface area contributed by atoms with E-state index in [0.717, 1.165) is 0 Å². The Labute approximate surface area is 159 Å². The van der Waals surface area contributed by atoms with Gasteiger partial charge in [0, 0.05) is 32.3 Å². The minimum Gasteiger partial charge on any atom is -0.481 e. The van der Waals surface area contributed by atoms with Gasteiger partial charge in [0.15, 0.2) is 20.2 Å². The first kappa shape index (κ1) is 23.9. The van der Waals surface area contributed by atoms with Gasteiger partial charge in [-0.15, -0.1) is 0 Å². The molecule has 2 N–H and O–H groups in total. The number of nitrogens with zero attached hydrogens (tertiary/aromatic N) is 2. The Morgan fingerprint density at radius 1 is 0.889 bits per heavy atom. The van der Waals surface area contributed by atoms with Crippen LogP contribution in [0.2, 0.25) is 0 Å². The Morgan fingerprint density at radius 3 is 1.85 bits per heavy atom. The van der Waals surface area contributed by atoms with Crippen LogP contribution >= 0.6 is 0 Å². The normalized spacial score (nSPS) is 11.0. The molecule has 152 valence electrons. The number of hydrogen-bond acceptors (Lipinski definition) is 7. The van der Waals surface area contributed by atoms with Crippen molar-refractivity contribution in [2.45, 2.75) is 25.7 Å². The van der Waals surface area contributed by atoms with Crippen molar-refractivity contribution < 1.29 is 34.0 Å². The SMILES string of the molecule is C=COCN(C)C=CN(COC=CCCC(=O)O)COC=CCCC(=O)O. The number of carboxylic acid groups (broad SMARTS) is 2. The van der Waals surface area contributed by atoms with Crippen LogP contribution in [0.3, 0.4) is 0 Å². The third-order valence-electron chi connectivity index (χ3n) is 2.84. The topological polar surface area (TPSA) is 109 Å². The Balaban J connectivity index is 4.38. The molecule has 0 aromatic rings. The summed E-state index contributed by atoms with van der Waals surface area (Å²) in [5, 5.41) is 17.1. The van der Waals surface area contributed by atoms with Gasteiger partial charge in [-0.1, -0.05) is 6.58 Å². The van der Waals surface area contributed by atoms with Crippen molar-refractivity contribution in [2.75, 3.05) is 27.2 Å². The number of carboxylic acids is 2. The van der Waals surface area contributed by atoms with Gasteiger partial charge in [0.05, 0.1) is 18.8 Å². The molecule has 0 atom stereocenters. The van der Waals surface area contributed by atoms with E-state index in [1.165, 1.54) is 18.8 Å². The molecule has 9 heteroatoms. The molecule has 27 heavy (non-hydrogen) atoms. The molecule has 0 aliphatic carbocycles. The van der Waals surface area contributed by atoms with Crippen LogP contribution in [0.1, 0.15) is 25.7 Å². The summed E-state index contributed by atoms with van der Waals surface area (Å²) in [5.41, 5.74) is 0. The predicted octanol–water partition coefficient (Wildman–Crippen LogP) is 2.51. The van der Waals surface area contributed by atoms with Crippen molar-refractivity contribution >= 4 is 11.9 Å². The first-order valence-electron chi connectivity index (χ1n) is 8.27. The van der Waals surface area contributed by atoms with E-state index in [9.17, 15) is 9.59 Å². The summed E-state index contributed by atoms with van der Waals surface area (Å²) in [6.45, 7) is 4.16. The predicted molar refractivity (Wildman–Crippen MR) is 98.8 cm³/mol. The van der Waals surface area contributed by atoms with Crippen LogP contribution in [0, 0.1) is 0 Å². The van der Waals surface area contributed by atoms with Crippen molar-refractivity contribution in [1.29, 1.82) is 0 Å². The average Bonchev–Trinajstić information content (AvgIpc) is 2.62. The molecule has 0 saturated carbocycles. The Kier molecular flexibility index (Phi) is 14.5. The average molecular weight is 384 g/mol. The minimum absolute atomic E-state index is 0.0435.